The van der Waals surface area contributed by atoms with Gasteiger partial charge in [-0.2, -0.15) is 0 Å². The fourth-order valence-electron chi connectivity index (χ4n) is 1.68. The van der Waals surface area contributed by atoms with Gasteiger partial charge < -0.3 is 9.47 Å². The minimum atomic E-state index is -0.870. The first kappa shape index (κ1) is 12.1. The standard InChI is InChI=1S/C10H11N3O5/c1-17-8(14)6-3-4-7-11-13(10(16)18-2)9(15)12(7)5-6/h3-4,6H,5H2,1-2H3. The van der Waals surface area contributed by atoms with E-state index >= 15 is 0 Å². The molecule has 8 heteroatoms. The number of esters is 1. The zero-order valence-electron chi connectivity index (χ0n) is 9.82. The maximum Gasteiger partial charge on any atom is 0.439 e. The largest absolute Gasteiger partial charge is 0.469 e. The average Bonchev–Trinajstić information content (AvgIpc) is 2.74. The van der Waals surface area contributed by atoms with Gasteiger partial charge in [0.15, 0.2) is 5.82 Å². The highest BCUT2D eigenvalue weighted by Gasteiger charge is 2.26. The van der Waals surface area contributed by atoms with E-state index in [0.29, 0.717) is 10.5 Å². The molecule has 96 valence electrons. The Morgan fingerprint density at radius 1 is 1.39 bits per heavy atom. The van der Waals surface area contributed by atoms with Crippen LogP contribution >= 0.6 is 0 Å². The van der Waals surface area contributed by atoms with Crippen LogP contribution in [0.1, 0.15) is 5.82 Å². The second-order valence-corrected chi connectivity index (χ2v) is 3.62. The van der Waals surface area contributed by atoms with E-state index in [4.69, 9.17) is 0 Å². The van der Waals surface area contributed by atoms with Crippen LogP contribution in [-0.4, -0.2) is 40.6 Å². The van der Waals surface area contributed by atoms with Gasteiger partial charge in [-0.1, -0.05) is 6.08 Å². The Morgan fingerprint density at radius 2 is 2.11 bits per heavy atom. The van der Waals surface area contributed by atoms with E-state index in [0.717, 1.165) is 7.11 Å². The number of aromatic nitrogens is 3. The third kappa shape index (κ3) is 1.81. The van der Waals surface area contributed by atoms with E-state index in [-0.39, 0.29) is 6.54 Å². The molecule has 0 saturated heterocycles. The lowest BCUT2D eigenvalue weighted by Crippen LogP contribution is -2.33. The van der Waals surface area contributed by atoms with Crippen molar-refractivity contribution in [2.24, 2.45) is 5.92 Å². The van der Waals surface area contributed by atoms with Crippen LogP contribution in [0.15, 0.2) is 10.9 Å². The lowest BCUT2D eigenvalue weighted by molar-refractivity contribution is -0.144. The number of fused-ring (bicyclic) bond motifs is 1. The molecular formula is C10H11N3O5. The molecule has 0 N–H and O–H groups in total. The predicted molar refractivity (Wildman–Crippen MR) is 58.8 cm³/mol. The lowest BCUT2D eigenvalue weighted by Gasteiger charge is -2.14. The molecule has 0 bridgehead atoms. The number of hydrogen-bond donors (Lipinski definition) is 0. The Labute approximate surface area is 101 Å². The average molecular weight is 253 g/mol. The van der Waals surface area contributed by atoms with Crippen molar-refractivity contribution in [1.82, 2.24) is 14.3 Å². The highest BCUT2D eigenvalue weighted by Crippen LogP contribution is 2.14. The van der Waals surface area contributed by atoms with Gasteiger partial charge in [0.05, 0.1) is 20.1 Å². The van der Waals surface area contributed by atoms with Gasteiger partial charge in [-0.25, -0.2) is 9.59 Å². The molecule has 1 atom stereocenters. The van der Waals surface area contributed by atoms with Crippen LogP contribution in [0.5, 0.6) is 0 Å². The molecule has 0 amide bonds. The van der Waals surface area contributed by atoms with Crippen LogP contribution in [-0.2, 0) is 20.8 Å². The van der Waals surface area contributed by atoms with Gasteiger partial charge in [-0.15, -0.1) is 9.78 Å². The van der Waals surface area contributed by atoms with E-state index < -0.39 is 23.7 Å². The van der Waals surface area contributed by atoms with Gasteiger partial charge >= 0.3 is 17.8 Å². The fourth-order valence-corrected chi connectivity index (χ4v) is 1.68. The zero-order chi connectivity index (χ0) is 13.3. The second-order valence-electron chi connectivity index (χ2n) is 3.62. The SMILES string of the molecule is COC(=O)C1C=Cc2nn(C(=O)OC)c(=O)n2C1. The van der Waals surface area contributed by atoms with Crippen molar-refractivity contribution in [2.75, 3.05) is 14.2 Å². The maximum atomic E-state index is 11.8. The first-order valence-corrected chi connectivity index (χ1v) is 5.12. The third-order valence-corrected chi connectivity index (χ3v) is 2.60. The zero-order valence-corrected chi connectivity index (χ0v) is 9.82. The summed E-state index contributed by atoms with van der Waals surface area (Å²) < 4.78 is 10.8. The molecule has 0 spiro atoms. The second kappa shape index (κ2) is 4.47. The molecule has 0 fully saturated rings. The van der Waals surface area contributed by atoms with Crippen molar-refractivity contribution in [3.05, 3.63) is 22.4 Å². The topological polar surface area (TPSA) is 92.4 Å². The molecule has 2 heterocycles. The summed E-state index contributed by atoms with van der Waals surface area (Å²) in [4.78, 5) is 34.5. The lowest BCUT2D eigenvalue weighted by atomic mass is 10.1. The van der Waals surface area contributed by atoms with Crippen LogP contribution in [0.4, 0.5) is 4.79 Å². The molecule has 1 aromatic heterocycles. The molecule has 0 radical (unpaired) electrons. The summed E-state index contributed by atoms with van der Waals surface area (Å²) >= 11 is 0. The minimum Gasteiger partial charge on any atom is -0.469 e. The van der Waals surface area contributed by atoms with Crippen molar-refractivity contribution in [1.29, 1.82) is 0 Å². The monoisotopic (exact) mass is 253 g/mol. The number of hydrogen-bond acceptors (Lipinski definition) is 6. The van der Waals surface area contributed by atoms with Crippen molar-refractivity contribution in [3.8, 4) is 0 Å². The maximum absolute atomic E-state index is 11.8. The van der Waals surface area contributed by atoms with E-state index in [1.807, 2.05) is 0 Å². The number of ether oxygens (including phenoxy) is 2. The third-order valence-electron chi connectivity index (χ3n) is 2.60. The highest BCUT2D eigenvalue weighted by atomic mass is 16.5. The molecule has 1 aliphatic heterocycles. The minimum absolute atomic E-state index is 0.0916. The Kier molecular flexibility index (Phi) is 3.00. The first-order chi connectivity index (χ1) is 8.58. The normalized spacial score (nSPS) is 17.1. The Balaban J connectivity index is 2.38. The molecule has 8 nitrogen and oxygen atoms in total. The molecule has 0 saturated carbocycles. The van der Waals surface area contributed by atoms with Crippen LogP contribution in [0.3, 0.4) is 0 Å². The van der Waals surface area contributed by atoms with Crippen molar-refractivity contribution in [3.63, 3.8) is 0 Å². The Morgan fingerprint density at radius 3 is 2.72 bits per heavy atom. The summed E-state index contributed by atoms with van der Waals surface area (Å²) in [7, 11) is 2.42. The number of carbonyl (C=O) groups is 2. The molecule has 2 rings (SSSR count). The summed E-state index contributed by atoms with van der Waals surface area (Å²) in [6, 6.07) is 0. The number of nitrogens with zero attached hydrogens (tertiary/aromatic N) is 3. The van der Waals surface area contributed by atoms with E-state index in [9.17, 15) is 14.4 Å². The van der Waals surface area contributed by atoms with Crippen LogP contribution in [0.2, 0.25) is 0 Å². The molecule has 0 aliphatic carbocycles. The Bertz CT molecular complexity index is 583. The van der Waals surface area contributed by atoms with Gasteiger partial charge in [0.1, 0.15) is 0 Å². The Hall–Kier alpha value is -2.38. The van der Waals surface area contributed by atoms with Gasteiger partial charge in [-0.3, -0.25) is 9.36 Å². The summed E-state index contributed by atoms with van der Waals surface area (Å²) in [5.41, 5.74) is -0.643. The summed E-state index contributed by atoms with van der Waals surface area (Å²) in [6.07, 6.45) is 2.20. The molecule has 1 unspecified atom stereocenters. The van der Waals surface area contributed by atoms with E-state index in [1.165, 1.54) is 17.8 Å². The van der Waals surface area contributed by atoms with Crippen LogP contribution in [0.25, 0.3) is 6.08 Å². The highest BCUT2D eigenvalue weighted by molar-refractivity contribution is 5.76. The molecule has 1 aliphatic rings. The fraction of sp³-hybridized carbons (Fsp3) is 0.400. The molecule has 18 heavy (non-hydrogen) atoms. The summed E-state index contributed by atoms with van der Waals surface area (Å²) in [5, 5.41) is 3.79. The number of carbonyl (C=O) groups excluding carboxylic acids is 2. The number of rotatable bonds is 1. The number of methoxy groups -OCH3 is 2. The van der Waals surface area contributed by atoms with Gasteiger partial charge in [0.2, 0.25) is 0 Å². The molecule has 0 aromatic carbocycles. The molecular weight excluding hydrogens is 242 g/mol. The summed E-state index contributed by atoms with van der Waals surface area (Å²) in [5.74, 6) is -0.712. The van der Waals surface area contributed by atoms with Crippen molar-refractivity contribution in [2.45, 2.75) is 6.54 Å². The van der Waals surface area contributed by atoms with Crippen LogP contribution < -0.4 is 5.69 Å². The summed E-state index contributed by atoms with van der Waals surface area (Å²) in [6.45, 7) is 0.0916. The quantitative estimate of drug-likeness (QED) is 0.625. The van der Waals surface area contributed by atoms with Crippen LogP contribution in [0, 0.1) is 5.92 Å². The van der Waals surface area contributed by atoms with Gasteiger partial charge in [0.25, 0.3) is 0 Å². The van der Waals surface area contributed by atoms with Crippen molar-refractivity contribution < 1.29 is 19.1 Å². The molecule has 1 aromatic rings. The van der Waals surface area contributed by atoms with Gasteiger partial charge in [-0.05, 0) is 6.08 Å². The van der Waals surface area contributed by atoms with E-state index in [2.05, 4.69) is 14.6 Å². The van der Waals surface area contributed by atoms with Gasteiger partial charge in [0, 0.05) is 6.54 Å². The van der Waals surface area contributed by atoms with Crippen molar-refractivity contribution >= 4 is 18.1 Å². The first-order valence-electron chi connectivity index (χ1n) is 5.12. The predicted octanol–water partition coefficient (Wildman–Crippen LogP) is -0.525. The smallest absolute Gasteiger partial charge is 0.439 e. The van der Waals surface area contributed by atoms with E-state index in [1.54, 1.807) is 6.08 Å².